The van der Waals surface area contributed by atoms with Crippen molar-refractivity contribution < 1.29 is 10.2 Å². The average molecular weight is 391 g/mol. The molecule has 0 heterocycles. The van der Waals surface area contributed by atoms with Crippen LogP contribution in [0.1, 0.15) is 98.3 Å². The lowest BCUT2D eigenvalue weighted by Crippen LogP contribution is -2.56. The second-order valence-electron chi connectivity index (χ2n) is 11.9. The minimum Gasteiger partial charge on any atom is -0.396 e. The first kappa shape index (κ1) is 21.2. The second-order valence-corrected chi connectivity index (χ2v) is 11.9. The van der Waals surface area contributed by atoms with E-state index in [-0.39, 0.29) is 6.10 Å². The lowest BCUT2D eigenvalue weighted by Gasteiger charge is -2.63. The number of hydrogen-bond donors (Lipinski definition) is 2. The highest BCUT2D eigenvalue weighted by molar-refractivity contribution is 5.11. The largest absolute Gasteiger partial charge is 0.396 e. The summed E-state index contributed by atoms with van der Waals surface area (Å²) in [5, 5.41) is 19.7. The van der Waals surface area contributed by atoms with Crippen molar-refractivity contribution in [3.05, 3.63) is 0 Å². The van der Waals surface area contributed by atoms with Crippen LogP contribution < -0.4 is 0 Å². The highest BCUT2D eigenvalue weighted by Gasteiger charge is 2.62. The Hall–Kier alpha value is -0.0800. The molecule has 2 nitrogen and oxygen atoms in total. The SMILES string of the molecule is CC[C@@H]1CC2C3CC[C@H]([C@H](C)CCCO)[C@@]3(C)CCC2[C@@]2(C)CC[C@H](O)C[C@@H]12. The molecule has 28 heavy (non-hydrogen) atoms. The first-order chi connectivity index (χ1) is 13.3. The molecule has 2 heteroatoms. The number of fused-ring (bicyclic) bond motifs is 5. The minimum atomic E-state index is -0.0410. The molecule has 0 aliphatic heterocycles. The molecule has 4 rings (SSSR count). The maximum absolute atomic E-state index is 10.4. The molecule has 0 aromatic heterocycles. The Labute approximate surface area is 173 Å². The predicted molar refractivity (Wildman–Crippen MR) is 116 cm³/mol. The van der Waals surface area contributed by atoms with Crippen LogP contribution in [0.5, 0.6) is 0 Å². The molecule has 4 aliphatic carbocycles. The normalized spacial score (nSPS) is 51.9. The third-order valence-electron chi connectivity index (χ3n) is 10.9. The summed E-state index contributed by atoms with van der Waals surface area (Å²) in [4.78, 5) is 0. The highest BCUT2D eigenvalue weighted by atomic mass is 16.3. The van der Waals surface area contributed by atoms with Gasteiger partial charge in [0.15, 0.2) is 0 Å². The molecule has 0 radical (unpaired) electrons. The van der Waals surface area contributed by atoms with E-state index in [2.05, 4.69) is 27.7 Å². The number of rotatable bonds is 5. The summed E-state index contributed by atoms with van der Waals surface area (Å²) in [5.41, 5.74) is 1.01. The molecule has 4 saturated carbocycles. The van der Waals surface area contributed by atoms with Crippen LogP contribution in [0.15, 0.2) is 0 Å². The van der Waals surface area contributed by atoms with Gasteiger partial charge in [0.2, 0.25) is 0 Å². The third-order valence-corrected chi connectivity index (χ3v) is 10.9. The van der Waals surface area contributed by atoms with Crippen LogP contribution in [0.25, 0.3) is 0 Å². The smallest absolute Gasteiger partial charge is 0.0543 e. The lowest BCUT2D eigenvalue weighted by atomic mass is 9.42. The van der Waals surface area contributed by atoms with Gasteiger partial charge < -0.3 is 10.2 Å². The van der Waals surface area contributed by atoms with E-state index >= 15 is 0 Å². The fourth-order valence-electron chi connectivity index (χ4n) is 9.52. The van der Waals surface area contributed by atoms with E-state index in [0.717, 1.165) is 60.7 Å². The highest BCUT2D eigenvalue weighted by Crippen LogP contribution is 2.69. The molecule has 0 saturated heterocycles. The van der Waals surface area contributed by atoms with Crippen molar-refractivity contribution in [3.63, 3.8) is 0 Å². The first-order valence-corrected chi connectivity index (χ1v) is 12.6. The van der Waals surface area contributed by atoms with Gasteiger partial charge in [-0.1, -0.05) is 34.1 Å². The minimum absolute atomic E-state index is 0.0410. The van der Waals surface area contributed by atoms with Gasteiger partial charge >= 0.3 is 0 Å². The van der Waals surface area contributed by atoms with E-state index in [4.69, 9.17) is 0 Å². The monoisotopic (exact) mass is 390 g/mol. The second kappa shape index (κ2) is 7.88. The summed E-state index contributed by atoms with van der Waals surface area (Å²) in [5.74, 6) is 5.96. The molecule has 0 amide bonds. The van der Waals surface area contributed by atoms with Gasteiger partial charge in [0.05, 0.1) is 6.10 Å². The van der Waals surface area contributed by atoms with Gasteiger partial charge in [-0.15, -0.1) is 0 Å². The third kappa shape index (κ3) is 3.20. The van der Waals surface area contributed by atoms with Crippen LogP contribution in [0, 0.1) is 52.3 Å². The van der Waals surface area contributed by atoms with Crippen LogP contribution in [0.2, 0.25) is 0 Å². The Kier molecular flexibility index (Phi) is 5.95. The summed E-state index contributed by atoms with van der Waals surface area (Å²) in [6.45, 7) is 10.5. The zero-order valence-electron chi connectivity index (χ0n) is 19.0. The van der Waals surface area contributed by atoms with Crippen LogP contribution in [0.4, 0.5) is 0 Å². The first-order valence-electron chi connectivity index (χ1n) is 12.6. The average Bonchev–Trinajstić information content (AvgIpc) is 3.03. The van der Waals surface area contributed by atoms with E-state index in [1.165, 1.54) is 51.4 Å². The van der Waals surface area contributed by atoms with Gasteiger partial charge in [0.1, 0.15) is 0 Å². The van der Waals surface area contributed by atoms with E-state index in [1.54, 1.807) is 0 Å². The molecule has 10 atom stereocenters. The number of aliphatic hydroxyl groups is 2. The fraction of sp³-hybridized carbons (Fsp3) is 1.00. The molecule has 0 aromatic carbocycles. The molecule has 3 unspecified atom stereocenters. The van der Waals surface area contributed by atoms with Crippen molar-refractivity contribution in [2.24, 2.45) is 52.3 Å². The van der Waals surface area contributed by atoms with Gasteiger partial charge in [0, 0.05) is 6.61 Å². The van der Waals surface area contributed by atoms with Gasteiger partial charge in [0.25, 0.3) is 0 Å². The molecule has 2 N–H and O–H groups in total. The van der Waals surface area contributed by atoms with Crippen molar-refractivity contribution in [1.82, 2.24) is 0 Å². The van der Waals surface area contributed by atoms with Crippen LogP contribution in [-0.2, 0) is 0 Å². The Morgan fingerprint density at radius 3 is 2.36 bits per heavy atom. The molecule has 0 bridgehead atoms. The Morgan fingerprint density at radius 1 is 0.929 bits per heavy atom. The topological polar surface area (TPSA) is 40.5 Å². The molecule has 0 spiro atoms. The van der Waals surface area contributed by atoms with Gasteiger partial charge in [-0.3, -0.25) is 0 Å². The van der Waals surface area contributed by atoms with Crippen molar-refractivity contribution in [2.45, 2.75) is 104 Å². The molecule has 162 valence electrons. The molecule has 4 fully saturated rings. The Balaban J connectivity index is 1.58. The molecular formula is C26H46O2. The van der Waals surface area contributed by atoms with E-state index < -0.39 is 0 Å². The Bertz CT molecular complexity index is 547. The molecule has 0 aromatic rings. The predicted octanol–water partition coefficient (Wildman–Crippen LogP) is 6.05. The van der Waals surface area contributed by atoms with E-state index in [9.17, 15) is 10.2 Å². The van der Waals surface area contributed by atoms with E-state index in [0.29, 0.717) is 17.4 Å². The van der Waals surface area contributed by atoms with Crippen LogP contribution in [0.3, 0.4) is 0 Å². The van der Waals surface area contributed by atoms with Crippen LogP contribution >= 0.6 is 0 Å². The van der Waals surface area contributed by atoms with Gasteiger partial charge in [-0.25, -0.2) is 0 Å². The van der Waals surface area contributed by atoms with Crippen LogP contribution in [-0.4, -0.2) is 22.9 Å². The summed E-state index contributed by atoms with van der Waals surface area (Å²) in [6, 6.07) is 0. The summed E-state index contributed by atoms with van der Waals surface area (Å²) < 4.78 is 0. The number of aliphatic hydroxyl groups excluding tert-OH is 2. The van der Waals surface area contributed by atoms with Crippen molar-refractivity contribution in [2.75, 3.05) is 6.61 Å². The summed E-state index contributed by atoms with van der Waals surface area (Å²) >= 11 is 0. The zero-order valence-corrected chi connectivity index (χ0v) is 19.0. The molecular weight excluding hydrogens is 344 g/mol. The van der Waals surface area contributed by atoms with Crippen molar-refractivity contribution >= 4 is 0 Å². The van der Waals surface area contributed by atoms with Crippen molar-refractivity contribution in [3.8, 4) is 0 Å². The quantitative estimate of drug-likeness (QED) is 0.600. The summed E-state index contributed by atoms with van der Waals surface area (Å²) in [6.07, 6.45) is 14.0. The maximum atomic E-state index is 10.4. The standard InChI is InChI=1S/C26H46O2/c1-5-18-15-20-22-9-8-21(17(2)7-6-14-27)25(22,3)13-11-23(20)26(4)12-10-19(28)16-24(18)26/h17-24,27-28H,5-16H2,1-4H3/t17-,18-,19+,20?,21-,22?,23?,24+,25-,26-/m1/s1. The zero-order chi connectivity index (χ0) is 20.1. The van der Waals surface area contributed by atoms with Crippen molar-refractivity contribution in [1.29, 1.82) is 0 Å². The fourth-order valence-corrected chi connectivity index (χ4v) is 9.52. The van der Waals surface area contributed by atoms with Gasteiger partial charge in [-0.2, -0.15) is 0 Å². The Morgan fingerprint density at radius 2 is 1.64 bits per heavy atom. The molecule has 4 aliphatic rings. The number of hydrogen-bond acceptors (Lipinski definition) is 2. The maximum Gasteiger partial charge on any atom is 0.0543 e. The lowest BCUT2D eigenvalue weighted by molar-refractivity contribution is -0.152. The van der Waals surface area contributed by atoms with E-state index in [1.807, 2.05) is 0 Å². The summed E-state index contributed by atoms with van der Waals surface area (Å²) in [7, 11) is 0. The van der Waals surface area contributed by atoms with Gasteiger partial charge in [-0.05, 0) is 116 Å².